The van der Waals surface area contributed by atoms with Crippen LogP contribution in [0.3, 0.4) is 0 Å². The van der Waals surface area contributed by atoms with Crippen molar-refractivity contribution in [2.24, 2.45) is 5.92 Å². The fourth-order valence-electron chi connectivity index (χ4n) is 8.79. The molecule has 0 fully saturated rings. The number of para-hydroxylation sites is 1. The first-order chi connectivity index (χ1) is 27.3. The molecule has 2 heterocycles. The van der Waals surface area contributed by atoms with Crippen LogP contribution in [-0.2, 0) is 0 Å². The molecule has 3 heteroatoms. The number of fused-ring (bicyclic) bond motifs is 5. The van der Waals surface area contributed by atoms with Crippen LogP contribution < -0.4 is 0 Å². The fourth-order valence-corrected chi connectivity index (χ4v) is 8.79. The Balaban J connectivity index is 1.26. The zero-order valence-electron chi connectivity index (χ0n) is 30.0. The average Bonchev–Trinajstić information content (AvgIpc) is 3.65. The summed E-state index contributed by atoms with van der Waals surface area (Å²) in [5.41, 5.74) is 10.8. The quantitative estimate of drug-likeness (QED) is 0.179. The number of pyridine rings is 1. The third-order valence-corrected chi connectivity index (χ3v) is 11.3. The van der Waals surface area contributed by atoms with Crippen LogP contribution in [0, 0.1) is 5.92 Å². The molecule has 9 aromatic rings. The minimum Gasteiger partial charge on any atom is -0.290 e. The molecule has 55 heavy (non-hydrogen) atoms. The van der Waals surface area contributed by atoms with Gasteiger partial charge in [-0.2, -0.15) is 0 Å². The van der Waals surface area contributed by atoms with Crippen molar-refractivity contribution < 1.29 is 0 Å². The number of imidazole rings is 1. The van der Waals surface area contributed by atoms with E-state index in [2.05, 4.69) is 205 Å². The van der Waals surface area contributed by atoms with Gasteiger partial charge in [0.25, 0.3) is 0 Å². The molecular weight excluding hydrogens is 667 g/mol. The molecule has 2 atom stereocenters. The third kappa shape index (κ3) is 5.20. The van der Waals surface area contributed by atoms with Crippen LogP contribution in [0.15, 0.2) is 206 Å². The highest BCUT2D eigenvalue weighted by atomic mass is 15.1. The average molecular weight is 702 g/mol. The van der Waals surface area contributed by atoms with Crippen molar-refractivity contribution in [3.8, 4) is 39.5 Å². The summed E-state index contributed by atoms with van der Waals surface area (Å²) >= 11 is 0. The summed E-state index contributed by atoms with van der Waals surface area (Å²) in [6.45, 7) is 0. The van der Waals surface area contributed by atoms with Crippen molar-refractivity contribution in [3.63, 3.8) is 0 Å². The highest BCUT2D eigenvalue weighted by Crippen LogP contribution is 2.47. The predicted octanol–water partition coefficient (Wildman–Crippen LogP) is 13.2. The second-order valence-corrected chi connectivity index (χ2v) is 14.5. The van der Waals surface area contributed by atoms with Crippen molar-refractivity contribution >= 4 is 43.4 Å². The summed E-state index contributed by atoms with van der Waals surface area (Å²) in [7, 11) is 0. The molecule has 0 aliphatic heterocycles. The van der Waals surface area contributed by atoms with Crippen LogP contribution in [0.1, 0.15) is 11.6 Å². The minimum absolute atomic E-state index is 0.125. The van der Waals surface area contributed by atoms with Crippen LogP contribution in [0.2, 0.25) is 0 Å². The Hall–Kier alpha value is -7.10. The summed E-state index contributed by atoms with van der Waals surface area (Å²) in [6.07, 6.45) is 15.5. The molecular formula is C52H35N3. The molecule has 0 amide bonds. The van der Waals surface area contributed by atoms with Crippen molar-refractivity contribution in [2.75, 3.05) is 0 Å². The Morgan fingerprint density at radius 1 is 0.473 bits per heavy atom. The number of hydrogen-bond donors (Lipinski definition) is 0. The highest BCUT2D eigenvalue weighted by molar-refractivity contribution is 6.21. The lowest BCUT2D eigenvalue weighted by molar-refractivity contribution is 0.653. The van der Waals surface area contributed by atoms with Gasteiger partial charge in [0, 0.05) is 34.3 Å². The van der Waals surface area contributed by atoms with E-state index < -0.39 is 0 Å². The fraction of sp³-hybridized carbons (Fsp3) is 0.0385. The van der Waals surface area contributed by atoms with Gasteiger partial charge in [0.15, 0.2) is 5.82 Å². The Labute approximate surface area is 319 Å². The molecule has 0 N–H and O–H groups in total. The van der Waals surface area contributed by atoms with E-state index in [4.69, 9.17) is 9.97 Å². The van der Waals surface area contributed by atoms with E-state index in [1.807, 2.05) is 0 Å². The van der Waals surface area contributed by atoms with Gasteiger partial charge in [-0.1, -0.05) is 164 Å². The van der Waals surface area contributed by atoms with E-state index in [9.17, 15) is 0 Å². The maximum absolute atomic E-state index is 5.73. The number of hydrogen-bond acceptors (Lipinski definition) is 2. The van der Waals surface area contributed by atoms with Gasteiger partial charge in [0.1, 0.15) is 5.69 Å². The molecule has 0 bridgehead atoms. The van der Waals surface area contributed by atoms with Gasteiger partial charge in [-0.05, 0) is 85.4 Å². The molecule has 11 rings (SSSR count). The Kier molecular flexibility index (Phi) is 7.31. The van der Waals surface area contributed by atoms with Crippen molar-refractivity contribution in [3.05, 3.63) is 212 Å². The Bertz CT molecular complexity index is 3100. The van der Waals surface area contributed by atoms with Gasteiger partial charge in [-0.25, -0.2) is 9.97 Å². The summed E-state index contributed by atoms with van der Waals surface area (Å²) in [6, 6.07) is 56.8. The SMILES string of the molecule is C1=CC2=CC=CC(c3cccc(-c4nc5c(-c6ccc7ccccc7c6)c6ccccc6c(-c6ccc7ccccc7c6)c5n4-c4ccccc4)n3)C2C=C1. The van der Waals surface area contributed by atoms with Crippen LogP contribution in [0.5, 0.6) is 0 Å². The van der Waals surface area contributed by atoms with E-state index in [-0.39, 0.29) is 11.8 Å². The van der Waals surface area contributed by atoms with Gasteiger partial charge in [0.2, 0.25) is 0 Å². The largest absolute Gasteiger partial charge is 0.290 e. The van der Waals surface area contributed by atoms with E-state index >= 15 is 0 Å². The molecule has 0 saturated heterocycles. The smallest absolute Gasteiger partial charge is 0.164 e. The van der Waals surface area contributed by atoms with Crippen LogP contribution >= 0.6 is 0 Å². The first-order valence-electron chi connectivity index (χ1n) is 19.0. The number of nitrogens with zero attached hydrogens (tertiary/aromatic N) is 3. The number of allylic oxidation sites excluding steroid dienone is 8. The van der Waals surface area contributed by atoms with Gasteiger partial charge in [0.05, 0.1) is 11.0 Å². The Morgan fingerprint density at radius 3 is 1.85 bits per heavy atom. The molecule has 2 unspecified atom stereocenters. The summed E-state index contributed by atoms with van der Waals surface area (Å²) in [5.74, 6) is 1.19. The lowest BCUT2D eigenvalue weighted by atomic mass is 9.78. The van der Waals surface area contributed by atoms with E-state index in [1.54, 1.807) is 0 Å². The van der Waals surface area contributed by atoms with Crippen LogP contribution in [0.4, 0.5) is 0 Å². The first-order valence-corrected chi connectivity index (χ1v) is 19.0. The molecule has 258 valence electrons. The monoisotopic (exact) mass is 701 g/mol. The van der Waals surface area contributed by atoms with Gasteiger partial charge >= 0.3 is 0 Å². The van der Waals surface area contributed by atoms with Gasteiger partial charge < -0.3 is 0 Å². The maximum atomic E-state index is 5.73. The summed E-state index contributed by atoms with van der Waals surface area (Å²) in [4.78, 5) is 11.2. The van der Waals surface area contributed by atoms with Crippen molar-refractivity contribution in [1.82, 2.24) is 14.5 Å². The molecule has 2 aromatic heterocycles. The van der Waals surface area contributed by atoms with E-state index in [1.165, 1.54) is 37.9 Å². The second-order valence-electron chi connectivity index (χ2n) is 14.5. The molecule has 0 saturated carbocycles. The lowest BCUT2D eigenvalue weighted by Gasteiger charge is -2.27. The molecule has 7 aromatic carbocycles. The molecule has 3 nitrogen and oxygen atoms in total. The number of rotatable bonds is 5. The molecule has 2 aliphatic carbocycles. The lowest BCUT2D eigenvalue weighted by Crippen LogP contribution is -2.16. The predicted molar refractivity (Wildman–Crippen MR) is 229 cm³/mol. The molecule has 0 spiro atoms. The minimum atomic E-state index is 0.125. The number of benzene rings is 7. The van der Waals surface area contributed by atoms with Crippen LogP contribution in [0.25, 0.3) is 82.8 Å². The summed E-state index contributed by atoms with van der Waals surface area (Å²) < 4.78 is 2.36. The normalized spacial score (nSPS) is 16.3. The van der Waals surface area contributed by atoms with Crippen molar-refractivity contribution in [2.45, 2.75) is 5.92 Å². The zero-order valence-corrected chi connectivity index (χ0v) is 30.0. The number of aromatic nitrogens is 3. The first kappa shape index (κ1) is 31.4. The topological polar surface area (TPSA) is 30.7 Å². The molecule has 0 radical (unpaired) electrons. The maximum Gasteiger partial charge on any atom is 0.164 e. The van der Waals surface area contributed by atoms with Crippen molar-refractivity contribution in [1.29, 1.82) is 0 Å². The standard InChI is InChI=1S/C52H35N3/c1-2-20-41(21-3-1)55-51-49(40-31-29-35-15-5-7-18-38(35)33-40)45-24-11-10-23-44(45)48(39-30-28-34-14-4-6-17-37(34)32-39)50(51)54-52(55)47-27-13-26-46(53-47)43-25-12-19-36-16-8-9-22-42(36)43/h1-33,42-43H. The Morgan fingerprint density at radius 2 is 1.11 bits per heavy atom. The third-order valence-electron chi connectivity index (χ3n) is 11.3. The van der Waals surface area contributed by atoms with Gasteiger partial charge in [-0.15, -0.1) is 0 Å². The second kappa shape index (κ2) is 12.8. The zero-order chi connectivity index (χ0) is 36.3. The highest BCUT2D eigenvalue weighted by Gasteiger charge is 2.28. The van der Waals surface area contributed by atoms with Crippen LogP contribution in [-0.4, -0.2) is 14.5 Å². The van der Waals surface area contributed by atoms with Gasteiger partial charge in [-0.3, -0.25) is 4.57 Å². The molecule has 2 aliphatic rings. The summed E-state index contributed by atoms with van der Waals surface area (Å²) in [5, 5.41) is 7.20. The van der Waals surface area contributed by atoms with E-state index in [0.29, 0.717) is 0 Å². The van der Waals surface area contributed by atoms with E-state index in [0.717, 1.165) is 56.2 Å².